The first-order valence-electron chi connectivity index (χ1n) is 8.02. The average molecular weight is 254 g/mol. The van der Waals surface area contributed by atoms with Gasteiger partial charge < -0.3 is 5.32 Å². The van der Waals surface area contributed by atoms with Crippen molar-refractivity contribution in [1.29, 1.82) is 0 Å². The second kappa shape index (κ2) is 6.91. The van der Waals surface area contributed by atoms with Gasteiger partial charge in [-0.2, -0.15) is 0 Å². The maximum Gasteiger partial charge on any atom is 0.0278 e. The Morgan fingerprint density at radius 2 is 1.78 bits per heavy atom. The molecule has 0 aromatic carbocycles. The largest absolute Gasteiger partial charge is 0.309 e. The van der Waals surface area contributed by atoms with E-state index < -0.39 is 0 Å². The molecule has 2 nitrogen and oxygen atoms in total. The lowest BCUT2D eigenvalue weighted by Crippen LogP contribution is -2.66. The van der Waals surface area contributed by atoms with Gasteiger partial charge in [-0.05, 0) is 32.1 Å². The topological polar surface area (TPSA) is 15.3 Å². The van der Waals surface area contributed by atoms with Crippen LogP contribution >= 0.6 is 0 Å². The number of rotatable bonds is 6. The van der Waals surface area contributed by atoms with E-state index in [-0.39, 0.29) is 0 Å². The third kappa shape index (κ3) is 3.48. The second-order valence-electron chi connectivity index (χ2n) is 6.39. The second-order valence-corrected chi connectivity index (χ2v) is 6.39. The minimum Gasteiger partial charge on any atom is -0.309 e. The smallest absolute Gasteiger partial charge is 0.0278 e. The summed E-state index contributed by atoms with van der Waals surface area (Å²) >= 11 is 0. The molecule has 1 fully saturated rings. The van der Waals surface area contributed by atoms with Crippen LogP contribution in [0, 0.1) is 5.92 Å². The molecule has 0 spiro atoms. The van der Waals surface area contributed by atoms with E-state index in [9.17, 15) is 0 Å². The highest BCUT2D eigenvalue weighted by atomic mass is 15.3. The van der Waals surface area contributed by atoms with Crippen LogP contribution in [-0.2, 0) is 0 Å². The molecule has 108 valence electrons. The molecule has 0 amide bonds. The van der Waals surface area contributed by atoms with Crippen molar-refractivity contribution in [3.05, 3.63) is 0 Å². The van der Waals surface area contributed by atoms with Gasteiger partial charge in [-0.25, -0.2) is 0 Å². The molecule has 1 saturated heterocycles. The summed E-state index contributed by atoms with van der Waals surface area (Å²) in [5, 5.41) is 3.80. The molecule has 0 saturated carbocycles. The van der Waals surface area contributed by atoms with E-state index in [4.69, 9.17) is 0 Å². The maximum absolute atomic E-state index is 3.80. The van der Waals surface area contributed by atoms with Gasteiger partial charge in [0.25, 0.3) is 0 Å². The molecule has 1 heterocycles. The zero-order valence-corrected chi connectivity index (χ0v) is 13.4. The highest BCUT2D eigenvalue weighted by Gasteiger charge is 2.38. The molecule has 0 aliphatic carbocycles. The molecule has 3 unspecified atom stereocenters. The van der Waals surface area contributed by atoms with Gasteiger partial charge in [0.05, 0.1) is 0 Å². The van der Waals surface area contributed by atoms with E-state index >= 15 is 0 Å². The van der Waals surface area contributed by atoms with Crippen LogP contribution in [0.15, 0.2) is 0 Å². The normalized spacial score (nSPS) is 31.8. The van der Waals surface area contributed by atoms with E-state index in [0.29, 0.717) is 5.54 Å². The number of nitrogens with zero attached hydrogens (tertiary/aromatic N) is 1. The number of hydrogen-bond acceptors (Lipinski definition) is 2. The predicted molar refractivity (Wildman–Crippen MR) is 81.0 cm³/mol. The standard InChI is InChI=1S/C16H34N2/c1-7-13(5)15-11-17-16(6,10-4)12-18(15)14(8-2)9-3/h13-15,17H,7-12H2,1-6H3. The monoisotopic (exact) mass is 254 g/mol. The first-order chi connectivity index (χ1) is 8.51. The maximum atomic E-state index is 3.80. The Labute approximate surface area is 115 Å². The Balaban J connectivity index is 2.85. The first kappa shape index (κ1) is 16.0. The van der Waals surface area contributed by atoms with Crippen LogP contribution in [-0.4, -0.2) is 35.6 Å². The average Bonchev–Trinajstić information content (AvgIpc) is 2.39. The van der Waals surface area contributed by atoms with Gasteiger partial charge in [-0.15, -0.1) is 0 Å². The van der Waals surface area contributed by atoms with E-state index in [0.717, 1.165) is 24.5 Å². The fourth-order valence-corrected chi connectivity index (χ4v) is 3.24. The summed E-state index contributed by atoms with van der Waals surface area (Å²) in [4.78, 5) is 2.81. The highest BCUT2D eigenvalue weighted by Crippen LogP contribution is 2.27. The van der Waals surface area contributed by atoms with Gasteiger partial charge in [0.15, 0.2) is 0 Å². The minimum absolute atomic E-state index is 0.312. The summed E-state index contributed by atoms with van der Waals surface area (Å²) in [6.45, 7) is 16.5. The molecule has 2 heteroatoms. The molecule has 0 radical (unpaired) electrons. The molecular weight excluding hydrogens is 220 g/mol. The van der Waals surface area contributed by atoms with Crippen LogP contribution in [0.3, 0.4) is 0 Å². The third-order valence-corrected chi connectivity index (χ3v) is 5.19. The Bertz CT molecular complexity index is 237. The Kier molecular flexibility index (Phi) is 6.13. The van der Waals surface area contributed by atoms with Crippen LogP contribution < -0.4 is 5.32 Å². The molecule has 18 heavy (non-hydrogen) atoms. The molecule has 1 aliphatic heterocycles. The molecule has 1 rings (SSSR count). The third-order valence-electron chi connectivity index (χ3n) is 5.19. The van der Waals surface area contributed by atoms with Crippen molar-refractivity contribution in [2.75, 3.05) is 13.1 Å². The Morgan fingerprint density at radius 1 is 1.17 bits per heavy atom. The molecule has 1 aliphatic rings. The molecule has 3 atom stereocenters. The van der Waals surface area contributed by atoms with Crippen molar-refractivity contribution < 1.29 is 0 Å². The molecule has 0 bridgehead atoms. The lowest BCUT2D eigenvalue weighted by Gasteiger charge is -2.51. The zero-order valence-electron chi connectivity index (χ0n) is 13.4. The van der Waals surface area contributed by atoms with Gasteiger partial charge in [-0.3, -0.25) is 4.90 Å². The van der Waals surface area contributed by atoms with Crippen LogP contribution in [0.25, 0.3) is 0 Å². The van der Waals surface area contributed by atoms with Crippen molar-refractivity contribution in [1.82, 2.24) is 10.2 Å². The summed E-state index contributed by atoms with van der Waals surface area (Å²) in [5.41, 5.74) is 0.312. The number of hydrogen-bond donors (Lipinski definition) is 1. The number of piperazine rings is 1. The van der Waals surface area contributed by atoms with Gasteiger partial charge >= 0.3 is 0 Å². The summed E-state index contributed by atoms with van der Waals surface area (Å²) in [6, 6.07) is 1.48. The first-order valence-corrected chi connectivity index (χ1v) is 8.02. The van der Waals surface area contributed by atoms with Crippen molar-refractivity contribution in [3.8, 4) is 0 Å². The highest BCUT2D eigenvalue weighted by molar-refractivity contribution is 4.97. The lowest BCUT2D eigenvalue weighted by atomic mass is 9.86. The number of nitrogens with one attached hydrogen (secondary N) is 1. The minimum atomic E-state index is 0.312. The molecule has 0 aromatic heterocycles. The predicted octanol–water partition coefficient (Wildman–Crippen LogP) is 3.66. The molecule has 1 N–H and O–H groups in total. The van der Waals surface area contributed by atoms with Crippen molar-refractivity contribution in [2.45, 2.75) is 84.8 Å². The molecule has 0 aromatic rings. The zero-order chi connectivity index (χ0) is 13.8. The summed E-state index contributed by atoms with van der Waals surface area (Å²) in [6.07, 6.45) is 5.06. The molecular formula is C16H34N2. The Hall–Kier alpha value is -0.0800. The van der Waals surface area contributed by atoms with E-state index in [1.54, 1.807) is 0 Å². The van der Waals surface area contributed by atoms with Crippen LogP contribution in [0.4, 0.5) is 0 Å². The van der Waals surface area contributed by atoms with Gasteiger partial charge in [0.1, 0.15) is 0 Å². The van der Waals surface area contributed by atoms with E-state index in [2.05, 4.69) is 51.8 Å². The summed E-state index contributed by atoms with van der Waals surface area (Å²) < 4.78 is 0. The van der Waals surface area contributed by atoms with Crippen molar-refractivity contribution >= 4 is 0 Å². The summed E-state index contributed by atoms with van der Waals surface area (Å²) in [7, 11) is 0. The summed E-state index contributed by atoms with van der Waals surface area (Å²) in [5.74, 6) is 0.791. The SMILES string of the molecule is CCC(C)C1CNC(C)(CC)CN1C(CC)CC. The van der Waals surface area contributed by atoms with Gasteiger partial charge in [-0.1, -0.05) is 41.0 Å². The van der Waals surface area contributed by atoms with Crippen LogP contribution in [0.2, 0.25) is 0 Å². The van der Waals surface area contributed by atoms with Crippen LogP contribution in [0.5, 0.6) is 0 Å². The van der Waals surface area contributed by atoms with Gasteiger partial charge in [0.2, 0.25) is 0 Å². The fourth-order valence-electron chi connectivity index (χ4n) is 3.24. The van der Waals surface area contributed by atoms with Crippen molar-refractivity contribution in [2.24, 2.45) is 5.92 Å². The fraction of sp³-hybridized carbons (Fsp3) is 1.00. The lowest BCUT2D eigenvalue weighted by molar-refractivity contribution is 0.0173. The quantitative estimate of drug-likeness (QED) is 0.778. The van der Waals surface area contributed by atoms with E-state index in [1.165, 1.54) is 32.2 Å². The van der Waals surface area contributed by atoms with Crippen LogP contribution in [0.1, 0.15) is 67.2 Å². The Morgan fingerprint density at radius 3 is 2.22 bits per heavy atom. The van der Waals surface area contributed by atoms with Gasteiger partial charge in [0, 0.05) is 30.7 Å². The van der Waals surface area contributed by atoms with E-state index in [1.807, 2.05) is 0 Å². The van der Waals surface area contributed by atoms with Crippen molar-refractivity contribution in [3.63, 3.8) is 0 Å².